The molecule has 1 N–H and O–H groups in total. The van der Waals surface area contributed by atoms with Crippen molar-refractivity contribution in [3.63, 3.8) is 0 Å². The Balaban J connectivity index is 1.45. The molecule has 4 rings (SSSR count). The minimum absolute atomic E-state index is 0.186. The second-order valence-corrected chi connectivity index (χ2v) is 7.87. The van der Waals surface area contributed by atoms with Crippen LogP contribution in [0.4, 0.5) is 4.39 Å². The Morgan fingerprint density at radius 2 is 1.90 bits per heavy atom. The van der Waals surface area contributed by atoms with E-state index in [0.717, 1.165) is 17.7 Å². The monoisotopic (exact) mass is 411 g/mol. The van der Waals surface area contributed by atoms with E-state index < -0.39 is 11.8 Å². The summed E-state index contributed by atoms with van der Waals surface area (Å²) in [6.45, 7) is 1.88. The Morgan fingerprint density at radius 3 is 2.52 bits per heavy atom. The number of halogens is 1. The van der Waals surface area contributed by atoms with Crippen LogP contribution in [0, 0.1) is 11.7 Å². The molecule has 0 spiro atoms. The molecule has 1 aliphatic rings. The molecule has 2 aromatic carbocycles. The summed E-state index contributed by atoms with van der Waals surface area (Å²) in [7, 11) is 0. The van der Waals surface area contributed by atoms with E-state index in [-0.39, 0.29) is 23.4 Å². The van der Waals surface area contributed by atoms with E-state index in [9.17, 15) is 14.0 Å². The fourth-order valence-corrected chi connectivity index (χ4v) is 3.73. The zero-order chi connectivity index (χ0) is 20.5. The van der Waals surface area contributed by atoms with E-state index >= 15 is 0 Å². The second-order valence-electron chi connectivity index (χ2n) is 7.04. The number of Topliss-reactive ketones (excluding diaryl/α,β-unsaturated/α-hetero) is 1. The number of ketones is 1. The van der Waals surface area contributed by atoms with Gasteiger partial charge in [0.05, 0.1) is 16.1 Å². The maximum atomic E-state index is 13.9. The maximum absolute atomic E-state index is 13.9. The molecule has 5 nitrogen and oxygen atoms in total. The van der Waals surface area contributed by atoms with Crippen molar-refractivity contribution in [2.24, 2.45) is 5.92 Å². The van der Waals surface area contributed by atoms with Crippen LogP contribution in [0.2, 0.25) is 0 Å². The Kier molecular flexibility index (Phi) is 5.15. The van der Waals surface area contributed by atoms with E-state index in [1.165, 1.54) is 29.7 Å². The number of ether oxygens (including phenoxy) is 1. The molecule has 1 saturated carbocycles. The molecule has 7 heteroatoms. The maximum Gasteiger partial charge on any atom is 0.338 e. The summed E-state index contributed by atoms with van der Waals surface area (Å²) in [6.07, 6.45) is 1.67. The molecule has 1 fully saturated rings. The van der Waals surface area contributed by atoms with Crippen LogP contribution in [0.15, 0.2) is 48.5 Å². The van der Waals surface area contributed by atoms with Gasteiger partial charge in [-0.3, -0.25) is 4.79 Å². The average molecular weight is 411 g/mol. The molecule has 148 valence electrons. The molecule has 1 atom stereocenters. The number of nitrogens with zero attached hydrogens (tertiary/aromatic N) is 1. The summed E-state index contributed by atoms with van der Waals surface area (Å²) in [6, 6.07) is 12.9. The molecule has 29 heavy (non-hydrogen) atoms. The number of aromatic nitrogens is 1. The van der Waals surface area contributed by atoms with Crippen LogP contribution in [0.1, 0.15) is 51.5 Å². The molecule has 1 unspecified atom stereocenters. The number of carboxylic acids is 1. The van der Waals surface area contributed by atoms with Crippen molar-refractivity contribution >= 4 is 23.3 Å². The zero-order valence-electron chi connectivity index (χ0n) is 15.6. The van der Waals surface area contributed by atoms with Crippen LogP contribution in [0.3, 0.4) is 0 Å². The van der Waals surface area contributed by atoms with Crippen LogP contribution in [-0.2, 0) is 0 Å². The number of carbonyl (C=O) groups excluding carboxylic acids is 1. The first-order valence-electron chi connectivity index (χ1n) is 9.23. The summed E-state index contributed by atoms with van der Waals surface area (Å²) < 4.78 is 24.2. The van der Waals surface area contributed by atoms with Gasteiger partial charge in [-0.2, -0.15) is 4.37 Å². The lowest BCUT2D eigenvalue weighted by atomic mass is 10.1. The Hall–Kier alpha value is -3.06. The lowest BCUT2D eigenvalue weighted by molar-refractivity contribution is 0.0691. The first kappa shape index (κ1) is 19.3. The van der Waals surface area contributed by atoms with Crippen LogP contribution < -0.4 is 4.74 Å². The molecular weight excluding hydrogens is 393 g/mol. The van der Waals surface area contributed by atoms with Gasteiger partial charge in [-0.1, -0.05) is 6.07 Å². The average Bonchev–Trinajstić information content (AvgIpc) is 3.43. The van der Waals surface area contributed by atoms with Gasteiger partial charge in [-0.15, -0.1) is 0 Å². The van der Waals surface area contributed by atoms with Crippen molar-refractivity contribution in [1.29, 1.82) is 0 Å². The predicted octanol–water partition coefficient (Wildman–Crippen LogP) is 5.38. The molecule has 0 bridgehead atoms. The zero-order valence-corrected chi connectivity index (χ0v) is 16.4. The highest BCUT2D eigenvalue weighted by atomic mass is 32.1. The predicted molar refractivity (Wildman–Crippen MR) is 107 cm³/mol. The number of aromatic carboxylic acids is 1. The second kappa shape index (κ2) is 7.75. The van der Waals surface area contributed by atoms with Crippen molar-refractivity contribution in [2.75, 3.05) is 0 Å². The highest BCUT2D eigenvalue weighted by Crippen LogP contribution is 2.34. The van der Waals surface area contributed by atoms with E-state index in [4.69, 9.17) is 9.84 Å². The number of rotatable bonds is 7. The van der Waals surface area contributed by atoms with E-state index in [0.29, 0.717) is 22.6 Å². The van der Waals surface area contributed by atoms with Gasteiger partial charge in [0.15, 0.2) is 5.78 Å². The van der Waals surface area contributed by atoms with E-state index in [1.54, 1.807) is 30.3 Å². The molecule has 3 aromatic rings. The van der Waals surface area contributed by atoms with Crippen molar-refractivity contribution in [3.8, 4) is 17.0 Å². The first-order chi connectivity index (χ1) is 13.9. The Morgan fingerprint density at radius 1 is 1.17 bits per heavy atom. The van der Waals surface area contributed by atoms with Crippen molar-refractivity contribution in [1.82, 2.24) is 4.37 Å². The molecule has 0 aliphatic heterocycles. The fourth-order valence-electron chi connectivity index (χ4n) is 3.01. The third kappa shape index (κ3) is 4.19. The summed E-state index contributed by atoms with van der Waals surface area (Å²) in [4.78, 5) is 23.9. The van der Waals surface area contributed by atoms with Crippen molar-refractivity contribution < 1.29 is 23.8 Å². The van der Waals surface area contributed by atoms with Crippen LogP contribution >= 0.6 is 11.5 Å². The molecule has 0 saturated heterocycles. The van der Waals surface area contributed by atoms with Crippen LogP contribution in [0.25, 0.3) is 11.3 Å². The minimum atomic E-state index is -1.31. The van der Waals surface area contributed by atoms with Gasteiger partial charge in [0.25, 0.3) is 0 Å². The smallest absolute Gasteiger partial charge is 0.338 e. The fraction of sp³-hybridized carbons (Fsp3) is 0.227. The standard InChI is InChI=1S/C22H18FNO4S/c1-12(28-16-7-4-14(5-8-16)21(25)13-2-3-13)20-11-19(24-29-20)15-6-9-17(22(26)27)18(23)10-15/h4-13H,2-3H2,1H3,(H,26,27). The van der Waals surface area contributed by atoms with Gasteiger partial charge in [0, 0.05) is 17.0 Å². The quantitative estimate of drug-likeness (QED) is 0.528. The van der Waals surface area contributed by atoms with Gasteiger partial charge in [0.1, 0.15) is 17.7 Å². The van der Waals surface area contributed by atoms with Gasteiger partial charge in [0.2, 0.25) is 0 Å². The third-order valence-corrected chi connectivity index (χ3v) is 5.77. The molecule has 1 aromatic heterocycles. The number of carboxylic acid groups (broad SMARTS) is 1. The van der Waals surface area contributed by atoms with E-state index in [1.807, 2.05) is 6.92 Å². The Bertz CT molecular complexity index is 1070. The van der Waals surface area contributed by atoms with Gasteiger partial charge in [-0.05, 0) is 73.8 Å². The van der Waals surface area contributed by atoms with Crippen molar-refractivity contribution in [2.45, 2.75) is 25.9 Å². The SMILES string of the molecule is CC(Oc1ccc(C(=O)C2CC2)cc1)c1cc(-c2ccc(C(=O)O)c(F)c2)ns1. The highest BCUT2D eigenvalue weighted by Gasteiger charge is 2.30. The normalized spacial score (nSPS) is 14.4. The third-order valence-electron chi connectivity index (χ3n) is 4.82. The lowest BCUT2D eigenvalue weighted by Crippen LogP contribution is -2.03. The molecule has 1 aliphatic carbocycles. The topological polar surface area (TPSA) is 76.5 Å². The molecular formula is C22H18FNO4S. The number of hydrogen-bond donors (Lipinski definition) is 1. The number of benzene rings is 2. The summed E-state index contributed by atoms with van der Waals surface area (Å²) >= 11 is 1.24. The van der Waals surface area contributed by atoms with Gasteiger partial charge < -0.3 is 9.84 Å². The van der Waals surface area contributed by atoms with Gasteiger partial charge >= 0.3 is 5.97 Å². The summed E-state index contributed by atoms with van der Waals surface area (Å²) in [5, 5.41) is 8.93. The highest BCUT2D eigenvalue weighted by molar-refractivity contribution is 7.06. The van der Waals surface area contributed by atoms with Crippen LogP contribution in [0.5, 0.6) is 5.75 Å². The lowest BCUT2D eigenvalue weighted by Gasteiger charge is -2.13. The number of hydrogen-bond acceptors (Lipinski definition) is 5. The van der Waals surface area contributed by atoms with Crippen LogP contribution in [-0.4, -0.2) is 21.2 Å². The van der Waals surface area contributed by atoms with E-state index in [2.05, 4.69) is 4.37 Å². The number of carbonyl (C=O) groups is 2. The molecule has 1 heterocycles. The minimum Gasteiger partial charge on any atom is -0.485 e. The van der Waals surface area contributed by atoms with Gasteiger partial charge in [-0.25, -0.2) is 9.18 Å². The molecule has 0 amide bonds. The largest absolute Gasteiger partial charge is 0.485 e. The molecule has 0 radical (unpaired) electrons. The van der Waals surface area contributed by atoms with Crippen molar-refractivity contribution in [3.05, 3.63) is 70.4 Å². The Labute approximate surface area is 170 Å². The summed E-state index contributed by atoms with van der Waals surface area (Å²) in [5.74, 6) is -1.07. The summed E-state index contributed by atoms with van der Waals surface area (Å²) in [5.41, 5.74) is 1.40. The first-order valence-corrected chi connectivity index (χ1v) is 10.0.